The maximum Gasteiger partial charge on any atom is 0.422 e. The molecule has 0 saturated carbocycles. The molecule has 0 aromatic carbocycles. The molecule has 1 fully saturated rings. The molecule has 0 spiro atoms. The van der Waals surface area contributed by atoms with E-state index >= 15 is 0 Å². The second-order valence-corrected chi connectivity index (χ2v) is 8.26. The molecule has 1 aliphatic heterocycles. The first kappa shape index (κ1) is 26.0. The van der Waals surface area contributed by atoms with Gasteiger partial charge in [-0.2, -0.15) is 13.2 Å². The van der Waals surface area contributed by atoms with Gasteiger partial charge in [0.1, 0.15) is 12.1 Å². The van der Waals surface area contributed by atoms with Crippen LogP contribution in [0.2, 0.25) is 0 Å². The fraction of sp³-hybridized carbons (Fsp3) is 0.500. The van der Waals surface area contributed by atoms with Gasteiger partial charge < -0.3 is 24.6 Å². The van der Waals surface area contributed by atoms with Crippen molar-refractivity contribution in [3.63, 3.8) is 0 Å². The molecule has 0 unspecified atom stereocenters. The van der Waals surface area contributed by atoms with Crippen LogP contribution in [0.5, 0.6) is 11.8 Å². The highest BCUT2D eigenvalue weighted by molar-refractivity contribution is 5.96. The summed E-state index contributed by atoms with van der Waals surface area (Å²) in [6.07, 6.45) is -1.95. The normalized spacial score (nSPS) is 14.1. The fourth-order valence-corrected chi connectivity index (χ4v) is 3.14. The Kier molecular flexibility index (Phi) is 8.66. The van der Waals surface area contributed by atoms with Crippen molar-refractivity contribution in [3.8, 4) is 11.8 Å². The Balaban J connectivity index is 1.43. The third kappa shape index (κ3) is 8.26. The molecule has 2 aromatic heterocycles. The number of ether oxygens (including phenoxy) is 2. The molecule has 2 aromatic rings. The van der Waals surface area contributed by atoms with E-state index in [9.17, 15) is 22.8 Å². The number of anilines is 1. The summed E-state index contributed by atoms with van der Waals surface area (Å²) in [5.74, 6) is 0.515. The molecule has 35 heavy (non-hydrogen) atoms. The monoisotopic (exact) mass is 496 g/mol. The summed E-state index contributed by atoms with van der Waals surface area (Å²) >= 11 is 0. The number of alkyl halides is 3. The lowest BCUT2D eigenvalue weighted by Crippen LogP contribution is -2.51. The van der Waals surface area contributed by atoms with Gasteiger partial charge in [0, 0.05) is 44.5 Å². The van der Waals surface area contributed by atoms with Gasteiger partial charge in [-0.05, 0) is 12.0 Å². The number of pyridine rings is 1. The van der Waals surface area contributed by atoms with Gasteiger partial charge in [-0.3, -0.25) is 9.59 Å². The Hall–Kier alpha value is -3.64. The second kappa shape index (κ2) is 11.7. The molecule has 3 heterocycles. The van der Waals surface area contributed by atoms with Gasteiger partial charge in [0.2, 0.25) is 17.7 Å². The number of carbonyl (C=O) groups excluding carboxylic acids is 2. The third-order valence-corrected chi connectivity index (χ3v) is 4.93. The molecule has 0 aliphatic carbocycles. The Labute approximate surface area is 200 Å². The lowest BCUT2D eigenvalue weighted by molar-refractivity contribution is -0.154. The molecule has 1 N–H and O–H groups in total. The number of carbonyl (C=O) groups is 2. The molecule has 0 bridgehead atoms. The van der Waals surface area contributed by atoms with Crippen molar-refractivity contribution in [2.75, 3.05) is 50.8 Å². The van der Waals surface area contributed by atoms with Crippen molar-refractivity contribution in [3.05, 3.63) is 36.3 Å². The molecule has 3 rings (SSSR count). The number of hydrogen-bond donors (Lipinski definition) is 1. The zero-order valence-electron chi connectivity index (χ0n) is 19.4. The summed E-state index contributed by atoms with van der Waals surface area (Å²) in [5, 5.41) is 2.50. The predicted molar refractivity (Wildman–Crippen MR) is 119 cm³/mol. The van der Waals surface area contributed by atoms with E-state index in [0.717, 1.165) is 12.3 Å². The van der Waals surface area contributed by atoms with Gasteiger partial charge in [0.05, 0.1) is 18.7 Å². The summed E-state index contributed by atoms with van der Waals surface area (Å²) in [6.45, 7) is 4.98. The average molecular weight is 496 g/mol. The Morgan fingerprint density at radius 1 is 1.06 bits per heavy atom. The average Bonchev–Trinajstić information content (AvgIpc) is 2.84. The predicted octanol–water partition coefficient (Wildman–Crippen LogP) is 1.93. The van der Waals surface area contributed by atoms with Crippen molar-refractivity contribution in [2.24, 2.45) is 5.92 Å². The van der Waals surface area contributed by atoms with Crippen LogP contribution >= 0.6 is 0 Å². The van der Waals surface area contributed by atoms with Gasteiger partial charge >= 0.3 is 6.18 Å². The number of rotatable bonds is 9. The van der Waals surface area contributed by atoms with Gasteiger partial charge in [0.15, 0.2) is 6.61 Å². The lowest BCUT2D eigenvalue weighted by Gasteiger charge is -2.35. The highest BCUT2D eigenvalue weighted by Crippen LogP contribution is 2.19. The number of nitrogens with one attached hydrogen (secondary N) is 1. The maximum absolute atomic E-state index is 12.5. The minimum atomic E-state index is -4.48. The van der Waals surface area contributed by atoms with E-state index in [0.29, 0.717) is 50.4 Å². The topological polar surface area (TPSA) is 110 Å². The quantitative estimate of drug-likeness (QED) is 0.561. The Morgan fingerprint density at radius 2 is 1.80 bits per heavy atom. The summed E-state index contributed by atoms with van der Waals surface area (Å²) < 4.78 is 46.7. The van der Waals surface area contributed by atoms with E-state index in [2.05, 4.69) is 25.0 Å². The lowest BCUT2D eigenvalue weighted by atomic mass is 10.2. The summed E-state index contributed by atoms with van der Waals surface area (Å²) in [4.78, 5) is 40.5. The molecule has 13 heteroatoms. The molecule has 0 radical (unpaired) electrons. The standard InChI is InChI=1S/C22H27F3N6O4/c1-15(2)12-34-19-9-17(28-14-29-19)30-5-7-31(8-6-30)20(32)11-27-21(33)16-3-4-18(26-10-16)35-13-22(23,24)25/h3-4,9-10,14-15H,5-8,11-13H2,1-2H3,(H,27,33). The molecular formula is C22H27F3N6O4. The van der Waals surface area contributed by atoms with Crippen LogP contribution in [0.15, 0.2) is 30.7 Å². The van der Waals surface area contributed by atoms with E-state index < -0.39 is 18.7 Å². The molecular weight excluding hydrogens is 469 g/mol. The van der Waals surface area contributed by atoms with Gasteiger partial charge in [0.25, 0.3) is 5.91 Å². The molecule has 10 nitrogen and oxygen atoms in total. The van der Waals surface area contributed by atoms with Crippen LogP contribution in [0.1, 0.15) is 24.2 Å². The van der Waals surface area contributed by atoms with E-state index in [1.54, 1.807) is 11.0 Å². The van der Waals surface area contributed by atoms with Crippen LogP contribution in [-0.4, -0.2) is 83.8 Å². The highest BCUT2D eigenvalue weighted by atomic mass is 19.4. The third-order valence-electron chi connectivity index (χ3n) is 4.93. The van der Waals surface area contributed by atoms with Crippen molar-refractivity contribution in [1.29, 1.82) is 0 Å². The summed E-state index contributed by atoms with van der Waals surface area (Å²) in [7, 11) is 0. The fourth-order valence-electron chi connectivity index (χ4n) is 3.14. The number of amides is 2. The Bertz CT molecular complexity index is 995. The zero-order valence-corrected chi connectivity index (χ0v) is 19.4. The molecule has 1 saturated heterocycles. The van der Waals surface area contributed by atoms with E-state index in [4.69, 9.17) is 4.74 Å². The summed E-state index contributed by atoms with van der Waals surface area (Å²) in [5.41, 5.74) is 0.0984. The van der Waals surface area contributed by atoms with Crippen molar-refractivity contribution in [2.45, 2.75) is 20.0 Å². The first-order valence-corrected chi connectivity index (χ1v) is 11.0. The molecule has 1 aliphatic rings. The molecule has 0 atom stereocenters. The van der Waals surface area contributed by atoms with Crippen LogP contribution in [0.25, 0.3) is 0 Å². The highest BCUT2D eigenvalue weighted by Gasteiger charge is 2.28. The number of hydrogen-bond acceptors (Lipinski definition) is 8. The summed E-state index contributed by atoms with van der Waals surface area (Å²) in [6, 6.07) is 4.21. The number of halogens is 3. The van der Waals surface area contributed by atoms with E-state index in [1.165, 1.54) is 12.4 Å². The van der Waals surface area contributed by atoms with E-state index in [-0.39, 0.29) is 23.9 Å². The van der Waals surface area contributed by atoms with Gasteiger partial charge in [-0.1, -0.05) is 13.8 Å². The number of aromatic nitrogens is 3. The smallest absolute Gasteiger partial charge is 0.422 e. The largest absolute Gasteiger partial charge is 0.477 e. The minimum Gasteiger partial charge on any atom is -0.477 e. The number of nitrogens with zero attached hydrogens (tertiary/aromatic N) is 5. The minimum absolute atomic E-state index is 0.0984. The molecule has 2 amide bonds. The van der Waals surface area contributed by atoms with Crippen LogP contribution in [0, 0.1) is 5.92 Å². The zero-order chi connectivity index (χ0) is 25.4. The van der Waals surface area contributed by atoms with Crippen LogP contribution < -0.4 is 19.7 Å². The SMILES string of the molecule is CC(C)COc1cc(N2CCN(C(=O)CNC(=O)c3ccc(OCC(F)(F)F)nc3)CC2)ncn1. The van der Waals surface area contributed by atoms with E-state index in [1.807, 2.05) is 18.7 Å². The maximum atomic E-state index is 12.5. The van der Waals surface area contributed by atoms with Crippen molar-refractivity contribution >= 4 is 17.6 Å². The van der Waals surface area contributed by atoms with Gasteiger partial charge in [-0.15, -0.1) is 0 Å². The van der Waals surface area contributed by atoms with Crippen LogP contribution in [0.4, 0.5) is 19.0 Å². The first-order chi connectivity index (χ1) is 16.6. The Morgan fingerprint density at radius 3 is 2.43 bits per heavy atom. The van der Waals surface area contributed by atoms with Crippen LogP contribution in [0.3, 0.4) is 0 Å². The van der Waals surface area contributed by atoms with Crippen molar-refractivity contribution in [1.82, 2.24) is 25.2 Å². The molecule has 190 valence electrons. The first-order valence-electron chi connectivity index (χ1n) is 11.0. The number of piperazine rings is 1. The van der Waals surface area contributed by atoms with Crippen LogP contribution in [-0.2, 0) is 4.79 Å². The second-order valence-electron chi connectivity index (χ2n) is 8.26. The van der Waals surface area contributed by atoms with Crippen molar-refractivity contribution < 1.29 is 32.2 Å². The van der Waals surface area contributed by atoms with Gasteiger partial charge in [-0.25, -0.2) is 15.0 Å².